The molecule has 0 aliphatic rings. The third-order valence-corrected chi connectivity index (χ3v) is 2.95. The van der Waals surface area contributed by atoms with Gasteiger partial charge in [-0.15, -0.1) is 10.2 Å². The van der Waals surface area contributed by atoms with Crippen molar-refractivity contribution in [1.29, 1.82) is 0 Å². The quantitative estimate of drug-likeness (QED) is 0.829. The van der Waals surface area contributed by atoms with Crippen LogP contribution in [0.15, 0.2) is 29.1 Å². The molecule has 7 nitrogen and oxygen atoms in total. The average Bonchev–Trinajstić information content (AvgIpc) is 2.43. The summed E-state index contributed by atoms with van der Waals surface area (Å²) < 4.78 is 6.05. The van der Waals surface area contributed by atoms with E-state index in [1.165, 1.54) is 0 Å². The maximum atomic E-state index is 12.2. The van der Waals surface area contributed by atoms with Gasteiger partial charge in [-0.25, -0.2) is 0 Å². The largest absolute Gasteiger partial charge is 0.497 e. The molecular weight excluding hydrogens is 270 g/mol. The SMILES string of the molecule is COc1ccc(Nc2nnc(C(C)(C)C)c(=O)n2N)cc1. The van der Waals surface area contributed by atoms with Crippen molar-refractivity contribution >= 4 is 11.6 Å². The summed E-state index contributed by atoms with van der Waals surface area (Å²) in [5.41, 5.74) is 0.273. The Labute approximate surface area is 122 Å². The van der Waals surface area contributed by atoms with Gasteiger partial charge in [-0.2, -0.15) is 4.68 Å². The number of nitrogens with one attached hydrogen (secondary N) is 1. The van der Waals surface area contributed by atoms with Gasteiger partial charge in [0, 0.05) is 11.1 Å². The highest BCUT2D eigenvalue weighted by Crippen LogP contribution is 2.19. The molecule has 0 amide bonds. The van der Waals surface area contributed by atoms with Crippen LogP contribution in [0.3, 0.4) is 0 Å². The lowest BCUT2D eigenvalue weighted by molar-refractivity contribution is 0.415. The number of anilines is 2. The molecule has 0 spiro atoms. The van der Waals surface area contributed by atoms with Crippen molar-refractivity contribution < 1.29 is 4.74 Å². The number of nitrogens with two attached hydrogens (primary N) is 1. The molecule has 0 saturated heterocycles. The molecule has 0 aliphatic heterocycles. The average molecular weight is 289 g/mol. The molecule has 1 aromatic heterocycles. The summed E-state index contributed by atoms with van der Waals surface area (Å²) in [6, 6.07) is 7.17. The summed E-state index contributed by atoms with van der Waals surface area (Å²) >= 11 is 0. The zero-order valence-electron chi connectivity index (χ0n) is 12.5. The van der Waals surface area contributed by atoms with Crippen molar-refractivity contribution in [2.24, 2.45) is 0 Å². The summed E-state index contributed by atoms with van der Waals surface area (Å²) in [7, 11) is 1.59. The van der Waals surface area contributed by atoms with Crippen LogP contribution in [0, 0.1) is 0 Å². The maximum Gasteiger partial charge on any atom is 0.295 e. The molecule has 0 radical (unpaired) electrons. The molecule has 7 heteroatoms. The topological polar surface area (TPSA) is 95.1 Å². The first-order chi connectivity index (χ1) is 9.82. The normalized spacial score (nSPS) is 11.2. The number of ether oxygens (including phenoxy) is 1. The molecule has 0 saturated carbocycles. The Balaban J connectivity index is 2.33. The smallest absolute Gasteiger partial charge is 0.295 e. The Hall–Kier alpha value is -2.57. The Kier molecular flexibility index (Phi) is 3.84. The Morgan fingerprint density at radius 1 is 1.19 bits per heavy atom. The minimum absolute atomic E-state index is 0.179. The van der Waals surface area contributed by atoms with Gasteiger partial charge in [0.15, 0.2) is 0 Å². The van der Waals surface area contributed by atoms with Gasteiger partial charge in [-0.1, -0.05) is 20.8 Å². The van der Waals surface area contributed by atoms with Crippen molar-refractivity contribution in [3.8, 4) is 5.75 Å². The number of aromatic nitrogens is 3. The highest BCUT2D eigenvalue weighted by atomic mass is 16.5. The second-order valence-electron chi connectivity index (χ2n) is 5.65. The van der Waals surface area contributed by atoms with Crippen LogP contribution in [0.4, 0.5) is 11.6 Å². The van der Waals surface area contributed by atoms with E-state index in [4.69, 9.17) is 10.6 Å². The van der Waals surface area contributed by atoms with Crippen LogP contribution in [0.2, 0.25) is 0 Å². The number of benzene rings is 1. The molecular formula is C14H19N5O2. The fourth-order valence-corrected chi connectivity index (χ4v) is 1.76. The van der Waals surface area contributed by atoms with E-state index in [0.717, 1.165) is 16.1 Å². The zero-order valence-corrected chi connectivity index (χ0v) is 12.5. The minimum Gasteiger partial charge on any atom is -0.497 e. The van der Waals surface area contributed by atoms with E-state index in [2.05, 4.69) is 15.5 Å². The predicted molar refractivity (Wildman–Crippen MR) is 81.4 cm³/mol. The van der Waals surface area contributed by atoms with Gasteiger partial charge in [-0.3, -0.25) is 4.79 Å². The fraction of sp³-hybridized carbons (Fsp3) is 0.357. The van der Waals surface area contributed by atoms with Gasteiger partial charge in [0.2, 0.25) is 5.95 Å². The number of nitrogen functional groups attached to an aromatic ring is 1. The molecule has 2 rings (SSSR count). The second kappa shape index (κ2) is 5.43. The molecule has 112 valence electrons. The van der Waals surface area contributed by atoms with E-state index < -0.39 is 5.41 Å². The Morgan fingerprint density at radius 2 is 1.81 bits per heavy atom. The summed E-state index contributed by atoms with van der Waals surface area (Å²) in [6.07, 6.45) is 0. The van der Waals surface area contributed by atoms with Gasteiger partial charge >= 0.3 is 0 Å². The van der Waals surface area contributed by atoms with Crippen LogP contribution in [0.5, 0.6) is 5.75 Å². The van der Waals surface area contributed by atoms with Gasteiger partial charge < -0.3 is 15.9 Å². The summed E-state index contributed by atoms with van der Waals surface area (Å²) in [6.45, 7) is 5.65. The lowest BCUT2D eigenvalue weighted by Gasteiger charge is -2.17. The summed E-state index contributed by atoms with van der Waals surface area (Å²) in [5, 5.41) is 10.9. The molecule has 3 N–H and O–H groups in total. The van der Waals surface area contributed by atoms with Gasteiger partial charge in [0.05, 0.1) is 7.11 Å². The van der Waals surface area contributed by atoms with E-state index >= 15 is 0 Å². The van der Waals surface area contributed by atoms with Crippen molar-refractivity contribution in [3.05, 3.63) is 40.3 Å². The van der Waals surface area contributed by atoms with Crippen LogP contribution < -0.4 is 21.5 Å². The number of hydrogen-bond donors (Lipinski definition) is 2. The fourth-order valence-electron chi connectivity index (χ4n) is 1.76. The van der Waals surface area contributed by atoms with Crippen LogP contribution in [0.1, 0.15) is 26.5 Å². The Morgan fingerprint density at radius 3 is 2.33 bits per heavy atom. The van der Waals surface area contributed by atoms with Crippen LogP contribution in [-0.4, -0.2) is 22.0 Å². The first kappa shape index (κ1) is 14.8. The second-order valence-corrected chi connectivity index (χ2v) is 5.65. The highest BCUT2D eigenvalue weighted by Gasteiger charge is 2.22. The molecule has 2 aromatic rings. The Bertz CT molecular complexity index is 686. The molecule has 0 bridgehead atoms. The molecule has 0 atom stereocenters. The number of nitrogens with zero attached hydrogens (tertiary/aromatic N) is 3. The number of methoxy groups -OCH3 is 1. The highest BCUT2D eigenvalue weighted by molar-refractivity contribution is 5.54. The lowest BCUT2D eigenvalue weighted by atomic mass is 9.93. The van der Waals surface area contributed by atoms with Gasteiger partial charge in [0.1, 0.15) is 11.4 Å². The van der Waals surface area contributed by atoms with E-state index in [0.29, 0.717) is 5.69 Å². The first-order valence-corrected chi connectivity index (χ1v) is 6.49. The number of hydrogen-bond acceptors (Lipinski definition) is 6. The molecule has 1 aromatic carbocycles. The van der Waals surface area contributed by atoms with Gasteiger partial charge in [0.25, 0.3) is 5.56 Å². The van der Waals surface area contributed by atoms with Crippen LogP contribution in [-0.2, 0) is 5.41 Å². The van der Waals surface area contributed by atoms with Crippen LogP contribution in [0.25, 0.3) is 0 Å². The van der Waals surface area contributed by atoms with Crippen molar-refractivity contribution in [2.75, 3.05) is 18.3 Å². The molecule has 0 aliphatic carbocycles. The third kappa shape index (κ3) is 3.13. The van der Waals surface area contributed by atoms with Crippen LogP contribution >= 0.6 is 0 Å². The molecule has 0 fully saturated rings. The lowest BCUT2D eigenvalue weighted by Crippen LogP contribution is -2.38. The maximum absolute atomic E-state index is 12.2. The molecule has 1 heterocycles. The first-order valence-electron chi connectivity index (χ1n) is 6.49. The molecule has 21 heavy (non-hydrogen) atoms. The molecule has 0 unspecified atom stereocenters. The zero-order chi connectivity index (χ0) is 15.6. The van der Waals surface area contributed by atoms with E-state index in [1.807, 2.05) is 20.8 Å². The van der Waals surface area contributed by atoms with Crippen molar-refractivity contribution in [2.45, 2.75) is 26.2 Å². The minimum atomic E-state index is -0.413. The van der Waals surface area contributed by atoms with Crippen molar-refractivity contribution in [1.82, 2.24) is 14.9 Å². The summed E-state index contributed by atoms with van der Waals surface area (Å²) in [4.78, 5) is 12.2. The van der Waals surface area contributed by atoms with Crippen molar-refractivity contribution in [3.63, 3.8) is 0 Å². The van der Waals surface area contributed by atoms with Gasteiger partial charge in [-0.05, 0) is 24.3 Å². The van der Waals surface area contributed by atoms with E-state index in [1.54, 1.807) is 31.4 Å². The van der Waals surface area contributed by atoms with E-state index in [-0.39, 0.29) is 11.5 Å². The third-order valence-electron chi connectivity index (χ3n) is 2.95. The van der Waals surface area contributed by atoms with E-state index in [9.17, 15) is 4.79 Å². The number of rotatable bonds is 3. The predicted octanol–water partition coefficient (Wildman–Crippen LogP) is 1.40. The monoisotopic (exact) mass is 289 g/mol. The standard InChI is InChI=1S/C14H19N5O2/c1-14(2,3)11-12(20)19(15)13(18-17-11)16-9-5-7-10(21-4)8-6-9/h5-8H,15H2,1-4H3,(H,16,18). The summed E-state index contributed by atoms with van der Waals surface area (Å²) in [5.74, 6) is 6.71.